The first-order valence-corrected chi connectivity index (χ1v) is 12.4. The van der Waals surface area contributed by atoms with Crippen molar-refractivity contribution < 1.29 is 19.3 Å². The second kappa shape index (κ2) is 13.0. The van der Waals surface area contributed by atoms with Crippen LogP contribution >= 0.6 is 0 Å². The Balaban J connectivity index is 1.44. The molecule has 0 spiro atoms. The topological polar surface area (TPSA) is 54.4 Å². The number of likely N-dealkylation sites (N-methyl/N-ethyl adjacent to an activating group) is 1. The minimum absolute atomic E-state index is 0.264. The summed E-state index contributed by atoms with van der Waals surface area (Å²) in [5.74, 6) is 3.19. The van der Waals surface area contributed by atoms with Gasteiger partial charge in [-0.2, -0.15) is 0 Å². The number of likely N-dealkylation sites (tertiary alicyclic amines) is 1. The Kier molecular flexibility index (Phi) is 10.1. The van der Waals surface area contributed by atoms with Crippen LogP contribution in [0.1, 0.15) is 36.5 Å². The summed E-state index contributed by atoms with van der Waals surface area (Å²) >= 11 is 0. The van der Waals surface area contributed by atoms with E-state index in [0.29, 0.717) is 19.7 Å². The SMILES string of the molecule is COc1cc(CN(C)C[C@@H](O)COc2ccc(C)cc2C)ccc1OCCN1CCC(C)CC1. The Bertz CT molecular complexity index is 896. The lowest BCUT2D eigenvalue weighted by Gasteiger charge is -2.30. The monoisotopic (exact) mass is 470 g/mol. The van der Waals surface area contributed by atoms with E-state index in [2.05, 4.69) is 35.8 Å². The van der Waals surface area contributed by atoms with Gasteiger partial charge in [0.1, 0.15) is 25.1 Å². The minimum atomic E-state index is -0.576. The number of rotatable bonds is 12. The molecule has 0 bridgehead atoms. The number of methoxy groups -OCH3 is 1. The van der Waals surface area contributed by atoms with Gasteiger partial charge in [0.25, 0.3) is 0 Å². The van der Waals surface area contributed by atoms with E-state index in [1.165, 1.54) is 18.4 Å². The average molecular weight is 471 g/mol. The van der Waals surface area contributed by atoms with Gasteiger partial charge in [-0.25, -0.2) is 0 Å². The molecule has 0 amide bonds. The molecule has 1 atom stereocenters. The van der Waals surface area contributed by atoms with Crippen LogP contribution in [0, 0.1) is 19.8 Å². The van der Waals surface area contributed by atoms with Crippen LogP contribution < -0.4 is 14.2 Å². The van der Waals surface area contributed by atoms with Crippen LogP contribution in [0.4, 0.5) is 0 Å². The summed E-state index contributed by atoms with van der Waals surface area (Å²) in [6.07, 6.45) is 1.98. The van der Waals surface area contributed by atoms with Gasteiger partial charge in [0, 0.05) is 19.6 Å². The maximum atomic E-state index is 10.5. The van der Waals surface area contributed by atoms with Gasteiger partial charge in [0.2, 0.25) is 0 Å². The number of hydrogen-bond acceptors (Lipinski definition) is 6. The summed E-state index contributed by atoms with van der Waals surface area (Å²) in [4.78, 5) is 4.56. The first-order chi connectivity index (χ1) is 16.3. The number of benzene rings is 2. The fourth-order valence-corrected chi connectivity index (χ4v) is 4.44. The lowest BCUT2D eigenvalue weighted by Crippen LogP contribution is -2.35. The van der Waals surface area contributed by atoms with E-state index in [-0.39, 0.29) is 6.61 Å². The Labute approximate surface area is 205 Å². The average Bonchev–Trinajstić information content (AvgIpc) is 2.80. The lowest BCUT2D eigenvalue weighted by atomic mass is 9.99. The number of aliphatic hydroxyl groups is 1. The summed E-state index contributed by atoms with van der Waals surface area (Å²) in [6, 6.07) is 12.1. The maximum Gasteiger partial charge on any atom is 0.161 e. The summed E-state index contributed by atoms with van der Waals surface area (Å²) in [7, 11) is 3.67. The molecule has 34 heavy (non-hydrogen) atoms. The molecule has 0 aliphatic carbocycles. The van der Waals surface area contributed by atoms with Crippen LogP contribution in [-0.4, -0.2) is 74.6 Å². The van der Waals surface area contributed by atoms with Crippen molar-refractivity contribution in [3.05, 3.63) is 53.1 Å². The minimum Gasteiger partial charge on any atom is -0.493 e. The summed E-state index contributed by atoms with van der Waals surface area (Å²) in [6.45, 7) is 11.8. The highest BCUT2D eigenvalue weighted by Crippen LogP contribution is 2.29. The van der Waals surface area contributed by atoms with Gasteiger partial charge in [-0.05, 0) is 82.1 Å². The third kappa shape index (κ3) is 8.19. The molecule has 0 aromatic heterocycles. The van der Waals surface area contributed by atoms with E-state index < -0.39 is 6.10 Å². The zero-order valence-electron chi connectivity index (χ0n) is 21.5. The third-order valence-corrected chi connectivity index (χ3v) is 6.51. The van der Waals surface area contributed by atoms with Crippen LogP contribution in [-0.2, 0) is 6.54 Å². The van der Waals surface area contributed by atoms with E-state index in [9.17, 15) is 5.11 Å². The number of aryl methyl sites for hydroxylation is 2. The molecule has 0 saturated carbocycles. The molecular weight excluding hydrogens is 428 g/mol. The second-order valence-corrected chi connectivity index (χ2v) is 9.79. The molecule has 2 aromatic rings. The van der Waals surface area contributed by atoms with E-state index in [4.69, 9.17) is 14.2 Å². The summed E-state index contributed by atoms with van der Waals surface area (Å²) in [5.41, 5.74) is 3.40. The fourth-order valence-electron chi connectivity index (χ4n) is 4.44. The van der Waals surface area contributed by atoms with Crippen molar-refractivity contribution in [3.63, 3.8) is 0 Å². The van der Waals surface area contributed by atoms with Gasteiger partial charge in [0.05, 0.1) is 7.11 Å². The molecule has 3 rings (SSSR count). The standard InChI is InChI=1S/C28H42N2O4/c1-21-10-12-30(13-11-21)14-15-33-27-9-7-24(17-28(27)32-5)18-29(4)19-25(31)20-34-26-8-6-22(2)16-23(26)3/h6-9,16-17,21,25,31H,10-15,18-20H2,1-5H3/t25-/m1/s1. The van der Waals surface area contributed by atoms with E-state index in [1.807, 2.05) is 38.2 Å². The molecule has 1 N–H and O–H groups in total. The number of hydrogen-bond donors (Lipinski definition) is 1. The molecule has 188 valence electrons. The molecule has 2 aromatic carbocycles. The molecule has 1 heterocycles. The number of ether oxygens (including phenoxy) is 3. The molecule has 1 saturated heterocycles. The van der Waals surface area contributed by atoms with Crippen molar-refractivity contribution in [3.8, 4) is 17.2 Å². The largest absolute Gasteiger partial charge is 0.493 e. The quantitative estimate of drug-likeness (QED) is 0.499. The van der Waals surface area contributed by atoms with E-state index in [0.717, 1.165) is 53.9 Å². The fraction of sp³-hybridized carbons (Fsp3) is 0.571. The van der Waals surface area contributed by atoms with E-state index in [1.54, 1.807) is 7.11 Å². The molecule has 6 heteroatoms. The van der Waals surface area contributed by atoms with Crippen molar-refractivity contribution in [2.75, 3.05) is 53.6 Å². The Morgan fingerprint density at radius 3 is 2.47 bits per heavy atom. The number of piperidine rings is 1. The molecular formula is C28H42N2O4. The first-order valence-electron chi connectivity index (χ1n) is 12.4. The Morgan fingerprint density at radius 2 is 1.76 bits per heavy atom. The van der Waals surface area contributed by atoms with Crippen molar-refractivity contribution in [2.24, 2.45) is 5.92 Å². The first kappa shape index (κ1) is 26.3. The summed E-state index contributed by atoms with van der Waals surface area (Å²) < 4.78 is 17.4. The predicted octanol–water partition coefficient (Wildman–Crippen LogP) is 4.29. The van der Waals surface area contributed by atoms with Gasteiger partial charge in [-0.15, -0.1) is 0 Å². The normalized spacial score (nSPS) is 16.0. The van der Waals surface area contributed by atoms with Crippen molar-refractivity contribution >= 4 is 0 Å². The zero-order chi connectivity index (χ0) is 24.5. The molecule has 1 fully saturated rings. The van der Waals surface area contributed by atoms with Crippen molar-refractivity contribution in [1.29, 1.82) is 0 Å². The van der Waals surface area contributed by atoms with Gasteiger partial charge in [-0.1, -0.05) is 30.7 Å². The Morgan fingerprint density at radius 1 is 1.03 bits per heavy atom. The van der Waals surface area contributed by atoms with Crippen LogP contribution in [0.2, 0.25) is 0 Å². The third-order valence-electron chi connectivity index (χ3n) is 6.51. The highest BCUT2D eigenvalue weighted by atomic mass is 16.5. The molecule has 1 aliphatic heterocycles. The number of aliphatic hydroxyl groups excluding tert-OH is 1. The van der Waals surface area contributed by atoms with Gasteiger partial charge in [-0.3, -0.25) is 9.80 Å². The van der Waals surface area contributed by atoms with Gasteiger partial charge in [0.15, 0.2) is 11.5 Å². The van der Waals surface area contributed by atoms with Gasteiger partial charge < -0.3 is 19.3 Å². The van der Waals surface area contributed by atoms with E-state index >= 15 is 0 Å². The highest BCUT2D eigenvalue weighted by molar-refractivity contribution is 5.43. The highest BCUT2D eigenvalue weighted by Gasteiger charge is 2.16. The van der Waals surface area contributed by atoms with Crippen LogP contribution in [0.5, 0.6) is 17.2 Å². The lowest BCUT2D eigenvalue weighted by molar-refractivity contribution is 0.0741. The molecule has 1 aliphatic rings. The smallest absolute Gasteiger partial charge is 0.161 e. The maximum absolute atomic E-state index is 10.5. The molecule has 0 unspecified atom stereocenters. The van der Waals surface area contributed by atoms with Crippen molar-refractivity contribution in [1.82, 2.24) is 9.80 Å². The predicted molar refractivity (Wildman–Crippen MR) is 137 cm³/mol. The zero-order valence-corrected chi connectivity index (χ0v) is 21.5. The Hall–Kier alpha value is -2.28. The van der Waals surface area contributed by atoms with Crippen LogP contribution in [0.15, 0.2) is 36.4 Å². The van der Waals surface area contributed by atoms with Gasteiger partial charge >= 0.3 is 0 Å². The van der Waals surface area contributed by atoms with Crippen LogP contribution in [0.3, 0.4) is 0 Å². The van der Waals surface area contributed by atoms with Crippen LogP contribution in [0.25, 0.3) is 0 Å². The summed E-state index contributed by atoms with van der Waals surface area (Å²) in [5, 5.41) is 10.5. The number of nitrogens with zero attached hydrogens (tertiary/aromatic N) is 2. The second-order valence-electron chi connectivity index (χ2n) is 9.79. The molecule has 6 nitrogen and oxygen atoms in total. The molecule has 0 radical (unpaired) electrons. The van der Waals surface area contributed by atoms with Crippen molar-refractivity contribution in [2.45, 2.75) is 46.3 Å².